The van der Waals surface area contributed by atoms with E-state index in [1.54, 1.807) is 0 Å². The second-order valence-corrected chi connectivity index (χ2v) is 5.09. The topological polar surface area (TPSA) is 44.4 Å². The first-order valence-corrected chi connectivity index (χ1v) is 6.46. The van der Waals surface area contributed by atoms with Gasteiger partial charge in [-0.3, -0.25) is 4.79 Å². The predicted octanol–water partition coefficient (Wildman–Crippen LogP) is 0.337. The van der Waals surface area contributed by atoms with E-state index in [4.69, 9.17) is 0 Å². The molecular weight excluding hydrogens is 202 g/mol. The Hall–Kier alpha value is -0.610. The molecule has 2 aliphatic rings. The van der Waals surface area contributed by atoms with Crippen molar-refractivity contribution in [3.63, 3.8) is 0 Å². The van der Waals surface area contributed by atoms with Crippen LogP contribution in [-0.4, -0.2) is 48.6 Å². The Kier molecular flexibility index (Phi) is 3.82. The number of nitrogens with zero attached hydrogens (tertiary/aromatic N) is 1. The van der Waals surface area contributed by atoms with Crippen molar-refractivity contribution in [3.8, 4) is 0 Å². The number of rotatable bonds is 1. The van der Waals surface area contributed by atoms with Crippen LogP contribution in [0.5, 0.6) is 0 Å². The van der Waals surface area contributed by atoms with Gasteiger partial charge in [-0.2, -0.15) is 0 Å². The van der Waals surface area contributed by atoms with Crippen LogP contribution >= 0.6 is 0 Å². The van der Waals surface area contributed by atoms with Gasteiger partial charge in [0.25, 0.3) is 0 Å². The highest BCUT2D eigenvalue weighted by Crippen LogP contribution is 2.23. The molecular formula is C12H23N3O. The lowest BCUT2D eigenvalue weighted by Gasteiger charge is -2.41. The van der Waals surface area contributed by atoms with Crippen molar-refractivity contribution in [1.82, 2.24) is 15.5 Å². The van der Waals surface area contributed by atoms with Crippen LogP contribution in [0.15, 0.2) is 0 Å². The fourth-order valence-electron chi connectivity index (χ4n) is 2.86. The van der Waals surface area contributed by atoms with Gasteiger partial charge in [0.1, 0.15) is 0 Å². The van der Waals surface area contributed by atoms with E-state index >= 15 is 0 Å². The van der Waals surface area contributed by atoms with Gasteiger partial charge in [0.2, 0.25) is 5.91 Å². The van der Waals surface area contributed by atoms with Gasteiger partial charge < -0.3 is 15.5 Å². The molecule has 1 amide bonds. The van der Waals surface area contributed by atoms with Crippen LogP contribution in [0.1, 0.15) is 33.1 Å². The van der Waals surface area contributed by atoms with Crippen LogP contribution in [0, 0.1) is 0 Å². The standard InChI is InChI=1S/C12H23N3O/c1-9-4-3-5-10(2)15(9)12(16)11-8-13-6-7-14-11/h9-11,13-14H,3-8H2,1-2H3/t9-,10+,11?. The number of nitrogens with one attached hydrogen (secondary N) is 2. The molecule has 0 aromatic heterocycles. The van der Waals surface area contributed by atoms with Crippen molar-refractivity contribution in [3.05, 3.63) is 0 Å². The highest BCUT2D eigenvalue weighted by Gasteiger charge is 2.33. The van der Waals surface area contributed by atoms with E-state index in [-0.39, 0.29) is 11.9 Å². The molecule has 2 heterocycles. The molecule has 1 unspecified atom stereocenters. The third-order valence-electron chi connectivity index (χ3n) is 3.79. The Morgan fingerprint density at radius 1 is 1.19 bits per heavy atom. The number of hydrogen-bond donors (Lipinski definition) is 2. The van der Waals surface area contributed by atoms with Gasteiger partial charge in [-0.1, -0.05) is 0 Å². The molecule has 0 saturated carbocycles. The largest absolute Gasteiger partial charge is 0.336 e. The van der Waals surface area contributed by atoms with Crippen molar-refractivity contribution >= 4 is 5.91 Å². The molecule has 92 valence electrons. The second kappa shape index (κ2) is 5.15. The van der Waals surface area contributed by atoms with Gasteiger partial charge in [-0.15, -0.1) is 0 Å². The molecule has 2 saturated heterocycles. The van der Waals surface area contributed by atoms with Crippen LogP contribution in [0.25, 0.3) is 0 Å². The van der Waals surface area contributed by atoms with Crippen molar-refractivity contribution in [1.29, 1.82) is 0 Å². The molecule has 3 atom stereocenters. The zero-order chi connectivity index (χ0) is 11.5. The van der Waals surface area contributed by atoms with E-state index in [1.165, 1.54) is 6.42 Å². The van der Waals surface area contributed by atoms with E-state index in [0.29, 0.717) is 12.1 Å². The molecule has 4 heteroatoms. The molecule has 0 aromatic carbocycles. The summed E-state index contributed by atoms with van der Waals surface area (Å²) in [5, 5.41) is 6.58. The van der Waals surface area contributed by atoms with Crippen LogP contribution in [0.2, 0.25) is 0 Å². The average Bonchev–Trinajstić information content (AvgIpc) is 2.30. The SMILES string of the molecule is C[C@@H]1CCC[C@H](C)N1C(=O)C1CNCCN1. The first-order chi connectivity index (χ1) is 7.70. The minimum absolute atomic E-state index is 0.0169. The molecule has 2 rings (SSSR count). The minimum atomic E-state index is -0.0169. The highest BCUT2D eigenvalue weighted by molar-refractivity contribution is 5.83. The van der Waals surface area contributed by atoms with E-state index in [2.05, 4.69) is 29.4 Å². The van der Waals surface area contributed by atoms with Crippen LogP contribution in [0.3, 0.4) is 0 Å². The van der Waals surface area contributed by atoms with Crippen molar-refractivity contribution in [2.24, 2.45) is 0 Å². The van der Waals surface area contributed by atoms with Gasteiger partial charge in [0, 0.05) is 31.7 Å². The fourth-order valence-corrected chi connectivity index (χ4v) is 2.86. The summed E-state index contributed by atoms with van der Waals surface area (Å²) in [5.41, 5.74) is 0. The molecule has 0 spiro atoms. The van der Waals surface area contributed by atoms with Gasteiger partial charge in [-0.05, 0) is 33.1 Å². The fraction of sp³-hybridized carbons (Fsp3) is 0.917. The quantitative estimate of drug-likeness (QED) is 0.676. The number of piperidine rings is 1. The molecule has 2 N–H and O–H groups in total. The molecule has 0 bridgehead atoms. The lowest BCUT2D eigenvalue weighted by atomic mass is 9.96. The van der Waals surface area contributed by atoms with Crippen molar-refractivity contribution in [2.75, 3.05) is 19.6 Å². The number of amides is 1. The van der Waals surface area contributed by atoms with Gasteiger partial charge in [0.15, 0.2) is 0 Å². The van der Waals surface area contributed by atoms with Gasteiger partial charge >= 0.3 is 0 Å². The summed E-state index contributed by atoms with van der Waals surface area (Å²) in [4.78, 5) is 14.5. The summed E-state index contributed by atoms with van der Waals surface area (Å²) in [6.45, 7) is 6.98. The third kappa shape index (κ3) is 2.38. The maximum absolute atomic E-state index is 12.4. The smallest absolute Gasteiger partial charge is 0.241 e. The lowest BCUT2D eigenvalue weighted by molar-refractivity contribution is -0.139. The molecule has 4 nitrogen and oxygen atoms in total. The van der Waals surface area contributed by atoms with Crippen LogP contribution in [-0.2, 0) is 4.79 Å². The maximum Gasteiger partial charge on any atom is 0.241 e. The summed E-state index contributed by atoms with van der Waals surface area (Å²) < 4.78 is 0. The number of hydrogen-bond acceptors (Lipinski definition) is 3. The summed E-state index contributed by atoms with van der Waals surface area (Å²) >= 11 is 0. The molecule has 2 fully saturated rings. The number of likely N-dealkylation sites (tertiary alicyclic amines) is 1. The Labute approximate surface area is 97.8 Å². The normalized spacial score (nSPS) is 36.1. The third-order valence-corrected chi connectivity index (χ3v) is 3.79. The zero-order valence-corrected chi connectivity index (χ0v) is 10.3. The lowest BCUT2D eigenvalue weighted by Crippen LogP contribution is -2.60. The van der Waals surface area contributed by atoms with Crippen LogP contribution < -0.4 is 10.6 Å². The van der Waals surface area contributed by atoms with Crippen molar-refractivity contribution < 1.29 is 4.79 Å². The maximum atomic E-state index is 12.4. The monoisotopic (exact) mass is 225 g/mol. The van der Waals surface area contributed by atoms with Crippen molar-refractivity contribution in [2.45, 2.75) is 51.2 Å². The van der Waals surface area contributed by atoms with Crippen LogP contribution in [0.4, 0.5) is 0 Å². The second-order valence-electron chi connectivity index (χ2n) is 5.09. The Balaban J connectivity index is 2.00. The van der Waals surface area contributed by atoms with Gasteiger partial charge in [0.05, 0.1) is 6.04 Å². The zero-order valence-electron chi connectivity index (χ0n) is 10.3. The summed E-state index contributed by atoms with van der Waals surface area (Å²) in [7, 11) is 0. The van der Waals surface area contributed by atoms with E-state index < -0.39 is 0 Å². The van der Waals surface area contributed by atoms with E-state index in [9.17, 15) is 4.79 Å². The van der Waals surface area contributed by atoms with E-state index in [0.717, 1.165) is 32.5 Å². The predicted molar refractivity (Wildman–Crippen MR) is 64.3 cm³/mol. The Bertz CT molecular complexity index is 241. The average molecular weight is 225 g/mol. The molecule has 0 radical (unpaired) electrons. The Morgan fingerprint density at radius 2 is 1.88 bits per heavy atom. The number of carbonyl (C=O) groups is 1. The summed E-state index contributed by atoms with van der Waals surface area (Å²) in [6.07, 6.45) is 3.55. The first kappa shape index (κ1) is 11.9. The minimum Gasteiger partial charge on any atom is -0.336 e. The highest BCUT2D eigenvalue weighted by atomic mass is 16.2. The molecule has 0 aliphatic carbocycles. The molecule has 16 heavy (non-hydrogen) atoms. The summed E-state index contributed by atoms with van der Waals surface area (Å²) in [5.74, 6) is 0.284. The first-order valence-electron chi connectivity index (χ1n) is 6.46. The molecule has 2 aliphatic heterocycles. The Morgan fingerprint density at radius 3 is 2.44 bits per heavy atom. The van der Waals surface area contributed by atoms with E-state index in [1.807, 2.05) is 0 Å². The van der Waals surface area contributed by atoms with Gasteiger partial charge in [-0.25, -0.2) is 0 Å². The summed E-state index contributed by atoms with van der Waals surface area (Å²) in [6, 6.07) is 0.789. The number of carbonyl (C=O) groups excluding carboxylic acids is 1. The molecule has 0 aromatic rings. The number of piperazine rings is 1.